The van der Waals surface area contributed by atoms with Crippen molar-refractivity contribution in [1.82, 2.24) is 9.29 Å². The SMILES string of the molecule is COc1ccc(C(=O)OCc2nc(C)c(C)o2)cc1S(=O)(=O)N1CCOCC1. The Labute approximate surface area is 163 Å². The second-order valence-electron chi connectivity index (χ2n) is 6.21. The van der Waals surface area contributed by atoms with Crippen LogP contribution in [0.4, 0.5) is 0 Å². The zero-order valence-electron chi connectivity index (χ0n) is 15.9. The fraction of sp³-hybridized carbons (Fsp3) is 0.444. The van der Waals surface area contributed by atoms with Crippen molar-refractivity contribution in [3.63, 3.8) is 0 Å². The summed E-state index contributed by atoms with van der Waals surface area (Å²) in [6.45, 7) is 4.52. The van der Waals surface area contributed by atoms with Crippen LogP contribution >= 0.6 is 0 Å². The van der Waals surface area contributed by atoms with Crippen molar-refractivity contribution in [3.8, 4) is 5.75 Å². The Bertz CT molecular complexity index is 943. The van der Waals surface area contributed by atoms with Crippen LogP contribution < -0.4 is 4.74 Å². The van der Waals surface area contributed by atoms with Gasteiger partial charge in [0.05, 0.1) is 31.6 Å². The Morgan fingerprint density at radius 3 is 2.57 bits per heavy atom. The zero-order valence-corrected chi connectivity index (χ0v) is 16.7. The molecule has 1 fully saturated rings. The molecule has 152 valence electrons. The Hall–Kier alpha value is -2.43. The third-order valence-corrected chi connectivity index (χ3v) is 6.31. The highest BCUT2D eigenvalue weighted by molar-refractivity contribution is 7.89. The zero-order chi connectivity index (χ0) is 20.3. The number of sulfonamides is 1. The Morgan fingerprint density at radius 2 is 1.96 bits per heavy atom. The third kappa shape index (κ3) is 4.18. The normalized spacial score (nSPS) is 15.4. The highest BCUT2D eigenvalue weighted by atomic mass is 32.2. The van der Waals surface area contributed by atoms with Gasteiger partial charge in [0.25, 0.3) is 0 Å². The lowest BCUT2D eigenvalue weighted by Crippen LogP contribution is -2.40. The van der Waals surface area contributed by atoms with Crippen molar-refractivity contribution in [2.24, 2.45) is 0 Å². The number of carbonyl (C=O) groups excluding carboxylic acids is 1. The van der Waals surface area contributed by atoms with Crippen LogP contribution in [0.25, 0.3) is 0 Å². The van der Waals surface area contributed by atoms with E-state index in [0.717, 1.165) is 5.69 Å². The number of morpholine rings is 1. The maximum Gasteiger partial charge on any atom is 0.338 e. The summed E-state index contributed by atoms with van der Waals surface area (Å²) in [6.07, 6.45) is 0. The van der Waals surface area contributed by atoms with Crippen LogP contribution in [0.3, 0.4) is 0 Å². The molecule has 0 N–H and O–H groups in total. The number of hydrogen-bond acceptors (Lipinski definition) is 8. The monoisotopic (exact) mass is 410 g/mol. The molecule has 1 aromatic carbocycles. The van der Waals surface area contributed by atoms with Crippen LogP contribution in [0, 0.1) is 13.8 Å². The van der Waals surface area contributed by atoms with Crippen LogP contribution in [-0.2, 0) is 26.1 Å². The summed E-state index contributed by atoms with van der Waals surface area (Å²) in [5.74, 6) is 0.393. The molecule has 0 unspecified atom stereocenters. The van der Waals surface area contributed by atoms with Gasteiger partial charge < -0.3 is 18.6 Å². The predicted molar refractivity (Wildman–Crippen MR) is 97.7 cm³/mol. The summed E-state index contributed by atoms with van der Waals surface area (Å²) in [7, 11) is -2.47. The maximum atomic E-state index is 13.0. The van der Waals surface area contributed by atoms with E-state index in [1.54, 1.807) is 13.8 Å². The van der Waals surface area contributed by atoms with Gasteiger partial charge in [0.2, 0.25) is 15.9 Å². The second-order valence-corrected chi connectivity index (χ2v) is 8.11. The number of methoxy groups -OCH3 is 1. The molecule has 1 aliphatic rings. The number of rotatable bonds is 6. The lowest BCUT2D eigenvalue weighted by molar-refractivity contribution is 0.0436. The summed E-state index contributed by atoms with van der Waals surface area (Å²) >= 11 is 0. The van der Waals surface area contributed by atoms with E-state index in [4.69, 9.17) is 18.6 Å². The largest absolute Gasteiger partial charge is 0.495 e. The van der Waals surface area contributed by atoms with Gasteiger partial charge >= 0.3 is 5.97 Å². The van der Waals surface area contributed by atoms with Crippen LogP contribution in [0.15, 0.2) is 27.5 Å². The van der Waals surface area contributed by atoms with Gasteiger partial charge in [-0.1, -0.05) is 0 Å². The van der Waals surface area contributed by atoms with Crippen LogP contribution in [-0.4, -0.2) is 57.1 Å². The molecule has 1 aliphatic heterocycles. The summed E-state index contributed by atoms with van der Waals surface area (Å²) in [6, 6.07) is 4.15. The second kappa shape index (κ2) is 8.29. The highest BCUT2D eigenvalue weighted by Gasteiger charge is 2.30. The molecule has 0 bridgehead atoms. The lowest BCUT2D eigenvalue weighted by Gasteiger charge is -2.26. The fourth-order valence-corrected chi connectivity index (χ4v) is 4.33. The van der Waals surface area contributed by atoms with E-state index in [1.807, 2.05) is 0 Å². The highest BCUT2D eigenvalue weighted by Crippen LogP contribution is 2.28. The van der Waals surface area contributed by atoms with Gasteiger partial charge in [-0.2, -0.15) is 4.31 Å². The molecule has 9 nitrogen and oxygen atoms in total. The number of nitrogens with zero attached hydrogens (tertiary/aromatic N) is 2. The first-order chi connectivity index (χ1) is 13.3. The van der Waals surface area contributed by atoms with Crippen molar-refractivity contribution in [2.75, 3.05) is 33.4 Å². The van der Waals surface area contributed by atoms with Gasteiger partial charge in [-0.05, 0) is 32.0 Å². The van der Waals surface area contributed by atoms with Crippen molar-refractivity contribution in [3.05, 3.63) is 41.1 Å². The summed E-state index contributed by atoms with van der Waals surface area (Å²) in [5, 5.41) is 0. The Kier molecular flexibility index (Phi) is 6.01. The first kappa shape index (κ1) is 20.3. The number of aryl methyl sites for hydroxylation is 2. The van der Waals surface area contributed by atoms with E-state index in [9.17, 15) is 13.2 Å². The number of carbonyl (C=O) groups is 1. The summed E-state index contributed by atoms with van der Waals surface area (Å²) in [5.41, 5.74) is 0.807. The Balaban J connectivity index is 1.82. The average Bonchev–Trinajstić information content (AvgIpc) is 3.03. The topological polar surface area (TPSA) is 108 Å². The molecular formula is C18H22N2O7S. The van der Waals surface area contributed by atoms with E-state index >= 15 is 0 Å². The predicted octanol–water partition coefficient (Wildman–Crippen LogP) is 1.68. The van der Waals surface area contributed by atoms with Crippen LogP contribution in [0.2, 0.25) is 0 Å². The van der Waals surface area contributed by atoms with Gasteiger partial charge in [0.15, 0.2) is 6.61 Å². The van der Waals surface area contributed by atoms with Gasteiger partial charge in [-0.25, -0.2) is 18.2 Å². The fourth-order valence-electron chi connectivity index (χ4n) is 2.74. The molecule has 0 aliphatic carbocycles. The lowest BCUT2D eigenvalue weighted by atomic mass is 10.2. The minimum absolute atomic E-state index is 0.0887. The van der Waals surface area contributed by atoms with E-state index in [2.05, 4.69) is 4.98 Å². The maximum absolute atomic E-state index is 13.0. The molecular weight excluding hydrogens is 388 g/mol. The molecule has 0 amide bonds. The standard InChI is InChI=1S/C18H22N2O7S/c1-12-13(2)27-17(19-12)11-26-18(21)14-4-5-15(24-3)16(10-14)28(22,23)20-6-8-25-9-7-20/h4-5,10H,6-9,11H2,1-3H3. The van der Waals surface area contributed by atoms with Crippen LogP contribution in [0.1, 0.15) is 27.7 Å². The smallest absolute Gasteiger partial charge is 0.338 e. The molecule has 2 aromatic rings. The van der Waals surface area contributed by atoms with Gasteiger partial charge in [0, 0.05) is 13.1 Å². The molecule has 3 rings (SSSR count). The third-order valence-electron chi connectivity index (χ3n) is 4.39. The summed E-state index contributed by atoms with van der Waals surface area (Å²) in [4.78, 5) is 16.5. The molecule has 0 spiro atoms. The van der Waals surface area contributed by atoms with Crippen molar-refractivity contribution >= 4 is 16.0 Å². The van der Waals surface area contributed by atoms with Crippen molar-refractivity contribution in [1.29, 1.82) is 0 Å². The Morgan fingerprint density at radius 1 is 1.25 bits per heavy atom. The molecule has 0 saturated carbocycles. The molecule has 10 heteroatoms. The first-order valence-electron chi connectivity index (χ1n) is 8.69. The van der Waals surface area contributed by atoms with Gasteiger partial charge in [-0.3, -0.25) is 0 Å². The minimum atomic E-state index is -3.84. The van der Waals surface area contributed by atoms with Crippen LogP contribution in [0.5, 0.6) is 5.75 Å². The minimum Gasteiger partial charge on any atom is -0.495 e. The molecule has 2 heterocycles. The first-order valence-corrected chi connectivity index (χ1v) is 10.1. The molecule has 1 aromatic heterocycles. The number of hydrogen-bond donors (Lipinski definition) is 0. The molecule has 1 saturated heterocycles. The number of esters is 1. The molecule has 28 heavy (non-hydrogen) atoms. The van der Waals surface area contributed by atoms with Crippen molar-refractivity contribution < 1.29 is 31.8 Å². The van der Waals surface area contributed by atoms with E-state index in [1.165, 1.54) is 29.6 Å². The summed E-state index contributed by atoms with van der Waals surface area (Å²) < 4.78 is 48.2. The van der Waals surface area contributed by atoms with Crippen molar-refractivity contribution in [2.45, 2.75) is 25.3 Å². The number of aromatic nitrogens is 1. The quantitative estimate of drug-likeness (QED) is 0.662. The van der Waals surface area contributed by atoms with E-state index < -0.39 is 16.0 Å². The molecule has 0 atom stereocenters. The van der Waals surface area contributed by atoms with E-state index in [-0.39, 0.29) is 41.8 Å². The van der Waals surface area contributed by atoms with Gasteiger partial charge in [-0.15, -0.1) is 0 Å². The average molecular weight is 410 g/mol. The number of benzene rings is 1. The van der Waals surface area contributed by atoms with E-state index in [0.29, 0.717) is 19.0 Å². The number of ether oxygens (including phenoxy) is 3. The number of oxazole rings is 1. The molecule has 0 radical (unpaired) electrons. The van der Waals surface area contributed by atoms with Gasteiger partial charge in [0.1, 0.15) is 16.4 Å².